The number of nitrogens with one attached hydrogen (secondary N) is 2. The van der Waals surface area contributed by atoms with E-state index in [1.807, 2.05) is 0 Å². The fourth-order valence-electron chi connectivity index (χ4n) is 4.76. The molecule has 4 aromatic rings. The largest absolute Gasteiger partial charge is 0.493 e. The summed E-state index contributed by atoms with van der Waals surface area (Å²) >= 11 is 0. The van der Waals surface area contributed by atoms with E-state index in [1.165, 1.54) is 26.4 Å². The van der Waals surface area contributed by atoms with Crippen molar-refractivity contribution < 1.29 is 27.4 Å². The molecule has 1 saturated heterocycles. The third kappa shape index (κ3) is 6.28. The SMILES string of the molecule is COCC(=O)N1CCC[C@@H](Nc2nccc(-c3nc(-c4ccc(C(F)(F)F)cc4)[nH]c3-c3cnc(N)c(OC)c3)n2)C1. The van der Waals surface area contributed by atoms with Gasteiger partial charge in [-0.25, -0.2) is 19.9 Å². The number of hydrogen-bond acceptors (Lipinski definition) is 9. The van der Waals surface area contributed by atoms with E-state index in [0.29, 0.717) is 58.8 Å². The van der Waals surface area contributed by atoms with Crippen LogP contribution >= 0.6 is 0 Å². The quantitative estimate of drug-likeness (QED) is 0.278. The Morgan fingerprint density at radius 2 is 1.93 bits per heavy atom. The number of H-pyrrole nitrogens is 1. The maximum Gasteiger partial charge on any atom is 0.416 e. The Labute approximate surface area is 239 Å². The Morgan fingerprint density at radius 1 is 1.14 bits per heavy atom. The average molecular weight is 583 g/mol. The molecule has 0 spiro atoms. The summed E-state index contributed by atoms with van der Waals surface area (Å²) < 4.78 is 49.7. The van der Waals surface area contributed by atoms with Crippen LogP contribution in [0.1, 0.15) is 18.4 Å². The molecule has 1 aliphatic heterocycles. The van der Waals surface area contributed by atoms with Gasteiger partial charge in [0.15, 0.2) is 11.6 Å². The zero-order valence-electron chi connectivity index (χ0n) is 22.9. The van der Waals surface area contributed by atoms with Crippen LogP contribution in [0.3, 0.4) is 0 Å². The van der Waals surface area contributed by atoms with Gasteiger partial charge in [-0.1, -0.05) is 12.1 Å². The van der Waals surface area contributed by atoms with Gasteiger partial charge < -0.3 is 30.4 Å². The highest BCUT2D eigenvalue weighted by atomic mass is 19.4. The Balaban J connectivity index is 1.49. The fraction of sp³-hybridized carbons (Fsp3) is 0.321. The number of benzene rings is 1. The van der Waals surface area contributed by atoms with E-state index in [-0.39, 0.29) is 24.4 Å². The van der Waals surface area contributed by atoms with E-state index in [2.05, 4.69) is 25.3 Å². The topological polar surface area (TPSA) is 144 Å². The van der Waals surface area contributed by atoms with E-state index < -0.39 is 11.7 Å². The number of halogens is 3. The number of aromatic amines is 1. The zero-order valence-corrected chi connectivity index (χ0v) is 22.9. The second-order valence-corrected chi connectivity index (χ2v) is 9.72. The smallest absolute Gasteiger partial charge is 0.416 e. The van der Waals surface area contributed by atoms with E-state index in [1.54, 1.807) is 29.4 Å². The molecule has 14 heteroatoms. The normalized spacial score (nSPS) is 15.5. The van der Waals surface area contributed by atoms with Gasteiger partial charge in [0.25, 0.3) is 0 Å². The van der Waals surface area contributed by atoms with Gasteiger partial charge in [-0.3, -0.25) is 4.79 Å². The Bertz CT molecular complexity index is 1560. The second-order valence-electron chi connectivity index (χ2n) is 9.72. The number of imidazole rings is 1. The van der Waals surface area contributed by atoms with Gasteiger partial charge in [0.1, 0.15) is 18.1 Å². The monoisotopic (exact) mass is 582 g/mol. The number of amides is 1. The molecule has 11 nitrogen and oxygen atoms in total. The lowest BCUT2D eigenvalue weighted by Gasteiger charge is -2.33. The minimum atomic E-state index is -4.46. The molecule has 1 aromatic carbocycles. The van der Waals surface area contributed by atoms with Crippen molar-refractivity contribution in [1.82, 2.24) is 29.8 Å². The van der Waals surface area contributed by atoms with E-state index in [9.17, 15) is 18.0 Å². The lowest BCUT2D eigenvalue weighted by Crippen LogP contribution is -2.46. The number of piperidine rings is 1. The number of anilines is 2. The molecule has 3 aromatic heterocycles. The number of hydrogen-bond donors (Lipinski definition) is 3. The summed E-state index contributed by atoms with van der Waals surface area (Å²) in [6.45, 7) is 1.16. The highest BCUT2D eigenvalue weighted by Crippen LogP contribution is 2.36. The number of aromatic nitrogens is 5. The molecule has 0 saturated carbocycles. The predicted molar refractivity (Wildman–Crippen MR) is 149 cm³/mol. The summed E-state index contributed by atoms with van der Waals surface area (Å²) in [6, 6.07) is 8.00. The molecule has 42 heavy (non-hydrogen) atoms. The van der Waals surface area contributed by atoms with Crippen molar-refractivity contribution in [2.45, 2.75) is 25.1 Å². The van der Waals surface area contributed by atoms with Crippen LogP contribution in [0.5, 0.6) is 5.75 Å². The van der Waals surface area contributed by atoms with E-state index in [4.69, 9.17) is 20.2 Å². The van der Waals surface area contributed by atoms with Crippen molar-refractivity contribution in [2.24, 2.45) is 0 Å². The number of nitrogen functional groups attached to an aromatic ring is 1. The number of ether oxygens (including phenoxy) is 2. The lowest BCUT2D eigenvalue weighted by atomic mass is 10.1. The molecule has 0 unspecified atom stereocenters. The number of pyridine rings is 1. The van der Waals surface area contributed by atoms with Crippen molar-refractivity contribution in [1.29, 1.82) is 0 Å². The molecule has 0 aliphatic carbocycles. The number of methoxy groups -OCH3 is 2. The molecule has 1 atom stereocenters. The number of alkyl halides is 3. The number of nitrogens with two attached hydrogens (primary N) is 1. The molecule has 1 aliphatic rings. The summed E-state index contributed by atoms with van der Waals surface area (Å²) in [5, 5.41) is 3.31. The minimum Gasteiger partial charge on any atom is -0.493 e. The van der Waals surface area contributed by atoms with Crippen LogP contribution in [0.4, 0.5) is 24.9 Å². The first-order valence-electron chi connectivity index (χ1n) is 13.1. The van der Waals surface area contributed by atoms with Crippen molar-refractivity contribution in [2.75, 3.05) is 45.0 Å². The molecule has 1 amide bonds. The summed E-state index contributed by atoms with van der Waals surface area (Å²) in [5.74, 6) is 1.14. The molecule has 1 fully saturated rings. The van der Waals surface area contributed by atoms with Gasteiger partial charge in [0, 0.05) is 49.8 Å². The van der Waals surface area contributed by atoms with Crippen LogP contribution in [-0.4, -0.2) is 75.7 Å². The van der Waals surface area contributed by atoms with Gasteiger partial charge in [-0.2, -0.15) is 13.2 Å². The predicted octanol–water partition coefficient (Wildman–Crippen LogP) is 4.25. The fourth-order valence-corrected chi connectivity index (χ4v) is 4.76. The van der Waals surface area contributed by atoms with Crippen molar-refractivity contribution >= 4 is 17.7 Å². The van der Waals surface area contributed by atoms with Gasteiger partial charge in [0.05, 0.1) is 24.1 Å². The maximum absolute atomic E-state index is 13.1. The minimum absolute atomic E-state index is 0.0205. The highest BCUT2D eigenvalue weighted by Gasteiger charge is 2.30. The summed E-state index contributed by atoms with van der Waals surface area (Å²) in [5.41, 5.74) is 7.56. The van der Waals surface area contributed by atoms with Crippen LogP contribution < -0.4 is 15.8 Å². The Kier molecular flexibility index (Phi) is 8.24. The molecule has 0 bridgehead atoms. The third-order valence-electron chi connectivity index (χ3n) is 6.85. The van der Waals surface area contributed by atoms with Gasteiger partial charge in [0.2, 0.25) is 11.9 Å². The van der Waals surface area contributed by atoms with Gasteiger partial charge in [-0.05, 0) is 37.1 Å². The average Bonchev–Trinajstić information content (AvgIpc) is 3.43. The number of nitrogens with zero attached hydrogens (tertiary/aromatic N) is 5. The molecular weight excluding hydrogens is 553 g/mol. The summed E-state index contributed by atoms with van der Waals surface area (Å²) in [7, 11) is 2.95. The first-order valence-corrected chi connectivity index (χ1v) is 13.1. The van der Waals surface area contributed by atoms with E-state index >= 15 is 0 Å². The van der Waals surface area contributed by atoms with Crippen molar-refractivity contribution in [3.8, 4) is 39.8 Å². The first kappa shape index (κ1) is 28.8. The molecule has 0 radical (unpaired) electrons. The molecule has 5 rings (SSSR count). The molecule has 220 valence electrons. The molecule has 4 N–H and O–H groups in total. The summed E-state index contributed by atoms with van der Waals surface area (Å²) in [4.78, 5) is 35.2. The zero-order chi connectivity index (χ0) is 29.9. The molecular formula is C28H29F3N8O3. The molecule has 4 heterocycles. The highest BCUT2D eigenvalue weighted by molar-refractivity contribution is 5.81. The second kappa shape index (κ2) is 12.0. The van der Waals surface area contributed by atoms with Crippen LogP contribution in [-0.2, 0) is 15.7 Å². The van der Waals surface area contributed by atoms with Crippen LogP contribution in [0, 0.1) is 0 Å². The third-order valence-corrected chi connectivity index (χ3v) is 6.85. The number of rotatable bonds is 8. The standard InChI is InChI=1S/C28H29F3N8O3/c1-41-15-22(40)39-11-3-4-19(14-39)35-27-33-10-9-20(36-27)24-23(17-12-21(42-2)25(32)34-13-17)37-26(38-24)16-5-7-18(8-6-16)28(29,30)31/h5-10,12-13,19H,3-4,11,14-15H2,1-2H3,(H2,32,34)(H,37,38)(H,33,35,36)/t19-/m1/s1. The Hall–Kier alpha value is -4.72. The van der Waals surface area contributed by atoms with Crippen molar-refractivity contribution in [3.63, 3.8) is 0 Å². The number of likely N-dealkylation sites (tertiary alicyclic amines) is 1. The van der Waals surface area contributed by atoms with Crippen molar-refractivity contribution in [3.05, 3.63) is 54.4 Å². The van der Waals surface area contributed by atoms with Gasteiger partial charge in [-0.15, -0.1) is 0 Å². The summed E-state index contributed by atoms with van der Waals surface area (Å²) in [6.07, 6.45) is 0.311. The maximum atomic E-state index is 13.1. The lowest BCUT2D eigenvalue weighted by molar-refractivity contribution is -0.137. The van der Waals surface area contributed by atoms with Gasteiger partial charge >= 0.3 is 6.18 Å². The number of carbonyl (C=O) groups is 1. The number of carbonyl (C=O) groups excluding carboxylic acids is 1. The van der Waals surface area contributed by atoms with Crippen LogP contribution in [0.2, 0.25) is 0 Å². The van der Waals surface area contributed by atoms with E-state index in [0.717, 1.165) is 25.0 Å². The van der Waals surface area contributed by atoms with Crippen LogP contribution in [0.25, 0.3) is 34.0 Å². The van der Waals surface area contributed by atoms with Crippen LogP contribution in [0.15, 0.2) is 48.8 Å². The first-order chi connectivity index (χ1) is 20.2. The Morgan fingerprint density at radius 3 is 2.64 bits per heavy atom.